The lowest BCUT2D eigenvalue weighted by molar-refractivity contribution is -0.672. The number of nitrogens with two attached hydrogens (primary N) is 1. The van der Waals surface area contributed by atoms with Gasteiger partial charge in [0.15, 0.2) is 11.7 Å². The number of thiophene rings is 1. The van der Waals surface area contributed by atoms with Crippen molar-refractivity contribution < 1.29 is 28.3 Å². The van der Waals surface area contributed by atoms with Crippen molar-refractivity contribution in [1.29, 1.82) is 0 Å². The monoisotopic (exact) mass is 474 g/mol. The van der Waals surface area contributed by atoms with Crippen LogP contribution in [-0.2, 0) is 0 Å². The standard InChI is InChI=1S/C24H18N4O5S/c1-11-6-8-14(9-7-11)28-20(24(31)33-27-28)21(30)22-19(25)18-17(15-5-4-10-32-15)16(13(3)29)12(2)26-23(18)34-22/h4-10H,1-3H3,(H2-,25,27,30,31). The number of hydrogen-bond acceptors (Lipinski definition) is 9. The number of nitrogen functional groups attached to an aromatic ring is 1. The number of benzene rings is 1. The Morgan fingerprint density at radius 2 is 1.88 bits per heavy atom. The molecule has 0 saturated heterocycles. The molecule has 5 aromatic rings. The van der Waals surface area contributed by atoms with Gasteiger partial charge in [0.05, 0.1) is 28.5 Å². The maximum atomic E-state index is 13.6. The normalized spacial score (nSPS) is 11.3. The molecule has 5 rings (SSSR count). The summed E-state index contributed by atoms with van der Waals surface area (Å²) in [5.41, 5.74) is 9.08. The highest BCUT2D eigenvalue weighted by Gasteiger charge is 2.33. The van der Waals surface area contributed by atoms with Gasteiger partial charge >= 0.3 is 5.69 Å². The SMILES string of the molecule is CC(=O)c1c(C)nc2sc(C(=O)c3c([O-])on[n+]3-c3ccc(C)cc3)c(N)c2c1-c1ccco1. The molecule has 0 radical (unpaired) electrons. The summed E-state index contributed by atoms with van der Waals surface area (Å²) in [5.74, 6) is -1.33. The van der Waals surface area contributed by atoms with Crippen molar-refractivity contribution in [2.75, 3.05) is 5.73 Å². The number of furan rings is 1. The summed E-state index contributed by atoms with van der Waals surface area (Å²) in [7, 11) is 0. The number of fused-ring (bicyclic) bond motifs is 1. The van der Waals surface area contributed by atoms with Gasteiger partial charge in [-0.25, -0.2) is 4.98 Å². The highest BCUT2D eigenvalue weighted by molar-refractivity contribution is 7.21. The molecule has 2 N–H and O–H groups in total. The lowest BCUT2D eigenvalue weighted by atomic mass is 9.97. The number of aromatic nitrogens is 3. The maximum Gasteiger partial charge on any atom is 0.312 e. The molecule has 0 saturated carbocycles. The van der Waals surface area contributed by atoms with E-state index >= 15 is 0 Å². The molecule has 0 fully saturated rings. The van der Waals surface area contributed by atoms with E-state index in [-0.39, 0.29) is 22.0 Å². The van der Waals surface area contributed by atoms with E-state index in [0.717, 1.165) is 21.6 Å². The van der Waals surface area contributed by atoms with Crippen molar-refractivity contribution >= 4 is 38.8 Å². The Hall–Kier alpha value is -4.31. The zero-order valence-electron chi connectivity index (χ0n) is 18.4. The van der Waals surface area contributed by atoms with E-state index in [1.165, 1.54) is 13.2 Å². The Bertz CT molecular complexity index is 1580. The van der Waals surface area contributed by atoms with E-state index in [4.69, 9.17) is 14.7 Å². The van der Waals surface area contributed by atoms with Gasteiger partial charge in [0, 0.05) is 23.1 Å². The summed E-state index contributed by atoms with van der Waals surface area (Å²) in [4.78, 5) is 31.1. The molecule has 4 heterocycles. The van der Waals surface area contributed by atoms with Crippen LogP contribution in [0.2, 0.25) is 0 Å². The van der Waals surface area contributed by atoms with Gasteiger partial charge in [0.1, 0.15) is 15.5 Å². The average Bonchev–Trinajstić information content (AvgIpc) is 3.52. The fraction of sp³-hybridized carbons (Fsp3) is 0.125. The summed E-state index contributed by atoms with van der Waals surface area (Å²) >= 11 is 1.03. The number of pyridine rings is 1. The molecule has 170 valence electrons. The van der Waals surface area contributed by atoms with Crippen molar-refractivity contribution in [3.05, 3.63) is 70.1 Å². The highest BCUT2D eigenvalue weighted by Crippen LogP contribution is 2.43. The number of hydrogen-bond donors (Lipinski definition) is 1. The number of ketones is 2. The zero-order valence-corrected chi connectivity index (χ0v) is 19.2. The summed E-state index contributed by atoms with van der Waals surface area (Å²) in [6.45, 7) is 5.06. The Morgan fingerprint density at radius 3 is 2.53 bits per heavy atom. The fourth-order valence-corrected chi connectivity index (χ4v) is 5.03. The molecule has 0 aliphatic heterocycles. The molecular weight excluding hydrogens is 456 g/mol. The van der Waals surface area contributed by atoms with Crippen molar-refractivity contribution in [2.24, 2.45) is 0 Å². The molecule has 0 amide bonds. The number of Topliss-reactive ketones (excluding diaryl/α,β-unsaturated/α-hetero) is 1. The first-order chi connectivity index (χ1) is 16.3. The Morgan fingerprint density at radius 1 is 1.15 bits per heavy atom. The van der Waals surface area contributed by atoms with Crippen molar-refractivity contribution in [3.8, 4) is 23.0 Å². The number of aryl methyl sites for hydroxylation is 2. The summed E-state index contributed by atoms with van der Waals surface area (Å²) in [5, 5.41) is 16.7. The lowest BCUT2D eigenvalue weighted by Gasteiger charge is -2.10. The Balaban J connectivity index is 1.75. The second-order valence-electron chi connectivity index (χ2n) is 7.79. The number of carbonyl (C=O) groups is 2. The van der Waals surface area contributed by atoms with Crippen LogP contribution in [0.1, 0.15) is 43.9 Å². The zero-order chi connectivity index (χ0) is 24.1. The van der Waals surface area contributed by atoms with Crippen LogP contribution in [0.15, 0.2) is 51.6 Å². The molecule has 34 heavy (non-hydrogen) atoms. The van der Waals surface area contributed by atoms with Crippen LogP contribution in [0.4, 0.5) is 5.69 Å². The predicted octanol–water partition coefficient (Wildman–Crippen LogP) is 3.53. The van der Waals surface area contributed by atoms with Crippen LogP contribution in [0.3, 0.4) is 0 Å². The van der Waals surface area contributed by atoms with E-state index in [9.17, 15) is 14.7 Å². The van der Waals surface area contributed by atoms with Gasteiger partial charge in [0.25, 0.3) is 5.78 Å². The van der Waals surface area contributed by atoms with E-state index in [2.05, 4.69) is 10.3 Å². The second-order valence-corrected chi connectivity index (χ2v) is 8.79. The van der Waals surface area contributed by atoms with E-state index in [0.29, 0.717) is 38.5 Å². The summed E-state index contributed by atoms with van der Waals surface area (Å²) < 4.78 is 11.5. The lowest BCUT2D eigenvalue weighted by Crippen LogP contribution is -2.39. The molecular formula is C24H18N4O5S. The minimum Gasteiger partial charge on any atom is -0.539 e. The largest absolute Gasteiger partial charge is 0.539 e. The van der Waals surface area contributed by atoms with Gasteiger partial charge in [-0.3, -0.25) is 9.59 Å². The Kier molecular flexibility index (Phi) is 5.02. The highest BCUT2D eigenvalue weighted by atomic mass is 32.1. The molecule has 1 aromatic carbocycles. The first kappa shape index (κ1) is 21.5. The van der Waals surface area contributed by atoms with Crippen LogP contribution >= 0.6 is 11.3 Å². The third-order valence-electron chi connectivity index (χ3n) is 5.49. The quantitative estimate of drug-likeness (QED) is 0.301. The molecule has 4 aromatic heterocycles. The minimum absolute atomic E-state index is 0.0940. The van der Waals surface area contributed by atoms with Crippen LogP contribution < -0.4 is 15.5 Å². The molecule has 10 heteroatoms. The van der Waals surface area contributed by atoms with E-state index < -0.39 is 11.7 Å². The van der Waals surface area contributed by atoms with E-state index in [1.54, 1.807) is 31.2 Å². The smallest absolute Gasteiger partial charge is 0.312 e. The van der Waals surface area contributed by atoms with Crippen molar-refractivity contribution in [2.45, 2.75) is 20.8 Å². The first-order valence-corrected chi connectivity index (χ1v) is 11.1. The van der Waals surface area contributed by atoms with Gasteiger partial charge < -0.3 is 19.8 Å². The average molecular weight is 474 g/mol. The molecule has 0 atom stereocenters. The van der Waals surface area contributed by atoms with Crippen LogP contribution in [0.25, 0.3) is 27.2 Å². The fourth-order valence-electron chi connectivity index (χ4n) is 3.94. The van der Waals surface area contributed by atoms with Gasteiger partial charge in [-0.2, -0.15) is 0 Å². The maximum absolute atomic E-state index is 13.6. The molecule has 0 aliphatic carbocycles. The van der Waals surface area contributed by atoms with Crippen molar-refractivity contribution in [1.82, 2.24) is 10.3 Å². The first-order valence-electron chi connectivity index (χ1n) is 10.3. The van der Waals surface area contributed by atoms with Gasteiger partial charge in [-0.1, -0.05) is 17.7 Å². The van der Waals surface area contributed by atoms with Gasteiger partial charge in [0.2, 0.25) is 5.69 Å². The number of carbonyl (C=O) groups excluding carboxylic acids is 2. The molecule has 0 bridgehead atoms. The second kappa shape index (κ2) is 7.92. The topological polar surface area (TPSA) is 139 Å². The van der Waals surface area contributed by atoms with Crippen LogP contribution in [0, 0.1) is 13.8 Å². The summed E-state index contributed by atoms with van der Waals surface area (Å²) in [6, 6.07) is 10.5. The van der Waals surface area contributed by atoms with E-state index in [1.807, 2.05) is 19.1 Å². The third kappa shape index (κ3) is 3.27. The Labute approximate surface area is 197 Å². The van der Waals surface area contributed by atoms with Crippen molar-refractivity contribution in [3.63, 3.8) is 0 Å². The predicted molar refractivity (Wildman–Crippen MR) is 122 cm³/mol. The van der Waals surface area contributed by atoms with Gasteiger partial charge in [-0.05, 0) is 37.6 Å². The molecule has 9 nitrogen and oxygen atoms in total. The number of nitrogens with zero attached hydrogens (tertiary/aromatic N) is 3. The van der Waals surface area contributed by atoms with Crippen LogP contribution in [-0.4, -0.2) is 21.8 Å². The minimum atomic E-state index is -0.887. The molecule has 0 unspecified atom stereocenters. The third-order valence-corrected chi connectivity index (χ3v) is 6.59. The number of rotatable bonds is 5. The molecule has 0 spiro atoms. The number of anilines is 1. The molecule has 0 aliphatic rings. The van der Waals surface area contributed by atoms with Gasteiger partial charge in [-0.15, -0.1) is 11.3 Å². The summed E-state index contributed by atoms with van der Waals surface area (Å²) in [6.07, 6.45) is 1.49. The van der Waals surface area contributed by atoms with Crippen LogP contribution in [0.5, 0.6) is 5.95 Å².